The molecular formula is C73H138O6. The van der Waals surface area contributed by atoms with E-state index in [0.29, 0.717) is 19.3 Å². The smallest absolute Gasteiger partial charge is 0.306 e. The lowest BCUT2D eigenvalue weighted by Crippen LogP contribution is -2.30. The largest absolute Gasteiger partial charge is 0.462 e. The summed E-state index contributed by atoms with van der Waals surface area (Å²) in [6.07, 6.45) is 83.9. The highest BCUT2D eigenvalue weighted by molar-refractivity contribution is 5.71. The summed E-state index contributed by atoms with van der Waals surface area (Å²) in [6, 6.07) is 0. The molecule has 0 saturated carbocycles. The fourth-order valence-electron chi connectivity index (χ4n) is 11.1. The van der Waals surface area contributed by atoms with Crippen LogP contribution >= 0.6 is 0 Å². The van der Waals surface area contributed by atoms with Crippen molar-refractivity contribution in [2.24, 2.45) is 0 Å². The Balaban J connectivity index is 3.99. The summed E-state index contributed by atoms with van der Waals surface area (Å²) in [5.41, 5.74) is 0. The zero-order valence-corrected chi connectivity index (χ0v) is 53.7. The Morgan fingerprint density at radius 1 is 0.253 bits per heavy atom. The van der Waals surface area contributed by atoms with Gasteiger partial charge in [-0.3, -0.25) is 14.4 Å². The minimum Gasteiger partial charge on any atom is -0.462 e. The highest BCUT2D eigenvalue weighted by Gasteiger charge is 2.19. The van der Waals surface area contributed by atoms with Crippen LogP contribution in [0.1, 0.15) is 406 Å². The van der Waals surface area contributed by atoms with Gasteiger partial charge in [0.25, 0.3) is 0 Å². The van der Waals surface area contributed by atoms with E-state index < -0.39 is 6.10 Å². The molecule has 0 heterocycles. The molecule has 0 fully saturated rings. The molecule has 466 valence electrons. The second-order valence-electron chi connectivity index (χ2n) is 24.5. The van der Waals surface area contributed by atoms with Crippen molar-refractivity contribution >= 4 is 17.9 Å². The van der Waals surface area contributed by atoms with Crippen LogP contribution < -0.4 is 0 Å². The molecule has 0 rings (SSSR count). The number of hydrogen-bond acceptors (Lipinski definition) is 6. The molecule has 0 aromatic carbocycles. The van der Waals surface area contributed by atoms with E-state index in [-0.39, 0.29) is 31.1 Å². The lowest BCUT2D eigenvalue weighted by atomic mass is 10.0. The topological polar surface area (TPSA) is 78.9 Å². The molecule has 0 N–H and O–H groups in total. The van der Waals surface area contributed by atoms with Crippen LogP contribution in [0.3, 0.4) is 0 Å². The van der Waals surface area contributed by atoms with Gasteiger partial charge in [-0.1, -0.05) is 366 Å². The number of carbonyl (C=O) groups excluding carboxylic acids is 3. The van der Waals surface area contributed by atoms with Crippen LogP contribution in [0.15, 0.2) is 24.3 Å². The minimum atomic E-state index is -0.774. The lowest BCUT2D eigenvalue weighted by molar-refractivity contribution is -0.167. The second kappa shape index (κ2) is 68.4. The van der Waals surface area contributed by atoms with Crippen LogP contribution in [0, 0.1) is 0 Å². The Morgan fingerprint density at radius 3 is 0.747 bits per heavy atom. The molecule has 0 saturated heterocycles. The third-order valence-electron chi connectivity index (χ3n) is 16.4. The number of allylic oxidation sites excluding steroid dienone is 4. The molecule has 6 heteroatoms. The third-order valence-corrected chi connectivity index (χ3v) is 16.4. The fourth-order valence-corrected chi connectivity index (χ4v) is 11.1. The molecule has 0 aliphatic carbocycles. The minimum absolute atomic E-state index is 0.0712. The monoisotopic (exact) mass is 1110 g/mol. The van der Waals surface area contributed by atoms with Gasteiger partial charge in [0.1, 0.15) is 13.2 Å². The zero-order valence-electron chi connectivity index (χ0n) is 53.7. The number of esters is 3. The van der Waals surface area contributed by atoms with Crippen LogP contribution in [-0.4, -0.2) is 37.2 Å². The van der Waals surface area contributed by atoms with Gasteiger partial charge in [-0.2, -0.15) is 0 Å². The maximum absolute atomic E-state index is 12.9. The van der Waals surface area contributed by atoms with Gasteiger partial charge >= 0.3 is 17.9 Å². The summed E-state index contributed by atoms with van der Waals surface area (Å²) < 4.78 is 16.9. The van der Waals surface area contributed by atoms with Gasteiger partial charge in [-0.15, -0.1) is 0 Å². The van der Waals surface area contributed by atoms with E-state index in [1.807, 2.05) is 0 Å². The lowest BCUT2D eigenvalue weighted by Gasteiger charge is -2.18. The summed E-state index contributed by atoms with van der Waals surface area (Å²) in [5.74, 6) is -0.859. The van der Waals surface area contributed by atoms with Crippen LogP contribution in [0.2, 0.25) is 0 Å². The van der Waals surface area contributed by atoms with E-state index in [1.165, 1.54) is 276 Å². The average Bonchev–Trinajstić information content (AvgIpc) is 3.45. The number of rotatable bonds is 67. The summed E-state index contributed by atoms with van der Waals surface area (Å²) in [4.78, 5) is 38.3. The van der Waals surface area contributed by atoms with E-state index >= 15 is 0 Å². The Morgan fingerprint density at radius 2 is 0.481 bits per heavy atom. The van der Waals surface area contributed by atoms with E-state index in [4.69, 9.17) is 14.2 Å². The van der Waals surface area contributed by atoms with E-state index in [1.54, 1.807) is 0 Å². The predicted octanol–water partition coefficient (Wildman–Crippen LogP) is 24.6. The van der Waals surface area contributed by atoms with Crippen molar-refractivity contribution in [3.05, 3.63) is 24.3 Å². The van der Waals surface area contributed by atoms with E-state index in [0.717, 1.165) is 89.9 Å². The predicted molar refractivity (Wildman–Crippen MR) is 344 cm³/mol. The van der Waals surface area contributed by atoms with Crippen molar-refractivity contribution in [2.75, 3.05) is 13.2 Å². The first-order valence-corrected chi connectivity index (χ1v) is 35.8. The van der Waals surface area contributed by atoms with Gasteiger partial charge in [0.2, 0.25) is 0 Å². The molecular weight excluding hydrogens is 973 g/mol. The Hall–Kier alpha value is -2.11. The number of carbonyl (C=O) groups is 3. The maximum atomic E-state index is 12.9. The van der Waals surface area contributed by atoms with Crippen LogP contribution in [0.4, 0.5) is 0 Å². The summed E-state index contributed by atoms with van der Waals surface area (Å²) in [5, 5.41) is 0. The molecule has 1 atom stereocenters. The Labute approximate surface area is 493 Å². The van der Waals surface area contributed by atoms with Crippen molar-refractivity contribution in [3.8, 4) is 0 Å². The van der Waals surface area contributed by atoms with Crippen LogP contribution in [0.5, 0.6) is 0 Å². The fraction of sp³-hybridized carbons (Fsp3) is 0.904. The SMILES string of the molecule is CCC/C=C\C/C=C\CCCCCCCC(=O)OC(COC(=O)CCCCCCCCCCCCCCC)COC(=O)CCCCCCCCCCCCCCCCCCCCCCCCCCCCCCCCCCCCC. The molecule has 0 radical (unpaired) electrons. The molecule has 0 aliphatic rings. The molecule has 0 aromatic rings. The summed E-state index contributed by atoms with van der Waals surface area (Å²) in [7, 11) is 0. The first kappa shape index (κ1) is 76.9. The standard InChI is InChI=1S/C73H138O6/c1-4-7-10-13-16-19-22-25-26-27-28-29-30-31-32-33-34-35-36-37-38-39-40-41-42-43-44-45-46-49-51-54-57-60-63-66-72(75)78-69-70(79-73(76)67-64-61-58-55-52-48-24-21-18-15-12-9-6-3)68-77-71(74)65-62-59-56-53-50-47-23-20-17-14-11-8-5-2/h12,15,21,24,70H,4-11,13-14,16-20,22-23,25-69H2,1-3H3/b15-12-,24-21-. The van der Waals surface area contributed by atoms with Gasteiger partial charge in [-0.25, -0.2) is 0 Å². The van der Waals surface area contributed by atoms with Crippen molar-refractivity contribution in [1.29, 1.82) is 0 Å². The normalized spacial score (nSPS) is 12.1. The number of unbranched alkanes of at least 4 members (excludes halogenated alkanes) is 52. The summed E-state index contributed by atoms with van der Waals surface area (Å²) in [6.45, 7) is 6.63. The van der Waals surface area contributed by atoms with Crippen molar-refractivity contribution in [3.63, 3.8) is 0 Å². The quantitative estimate of drug-likeness (QED) is 0.0261. The average molecular weight is 1110 g/mol. The molecule has 0 amide bonds. The molecule has 0 aliphatic heterocycles. The molecule has 79 heavy (non-hydrogen) atoms. The van der Waals surface area contributed by atoms with Crippen molar-refractivity contribution < 1.29 is 28.6 Å². The summed E-state index contributed by atoms with van der Waals surface area (Å²) >= 11 is 0. The molecule has 0 bridgehead atoms. The molecule has 1 unspecified atom stereocenters. The van der Waals surface area contributed by atoms with Gasteiger partial charge in [0.05, 0.1) is 0 Å². The number of hydrogen-bond donors (Lipinski definition) is 0. The van der Waals surface area contributed by atoms with Crippen molar-refractivity contribution in [1.82, 2.24) is 0 Å². The van der Waals surface area contributed by atoms with Gasteiger partial charge in [-0.05, 0) is 44.9 Å². The third kappa shape index (κ3) is 66.6. The maximum Gasteiger partial charge on any atom is 0.306 e. The van der Waals surface area contributed by atoms with E-state index in [2.05, 4.69) is 45.1 Å². The Kier molecular flexibility index (Phi) is 66.6. The highest BCUT2D eigenvalue weighted by atomic mass is 16.6. The Bertz CT molecular complexity index is 1270. The van der Waals surface area contributed by atoms with Gasteiger partial charge in [0, 0.05) is 19.3 Å². The van der Waals surface area contributed by atoms with Gasteiger partial charge < -0.3 is 14.2 Å². The zero-order chi connectivity index (χ0) is 57.1. The first-order valence-electron chi connectivity index (χ1n) is 35.8. The first-order chi connectivity index (χ1) is 39.0. The molecule has 6 nitrogen and oxygen atoms in total. The van der Waals surface area contributed by atoms with Gasteiger partial charge in [0.15, 0.2) is 6.10 Å². The molecule has 0 spiro atoms. The van der Waals surface area contributed by atoms with Crippen LogP contribution in [0.25, 0.3) is 0 Å². The molecule has 0 aromatic heterocycles. The second-order valence-corrected chi connectivity index (χ2v) is 24.5. The van der Waals surface area contributed by atoms with Crippen molar-refractivity contribution in [2.45, 2.75) is 412 Å². The van der Waals surface area contributed by atoms with E-state index in [9.17, 15) is 14.4 Å². The highest BCUT2D eigenvalue weighted by Crippen LogP contribution is 2.19. The number of ether oxygens (including phenoxy) is 3. The van der Waals surface area contributed by atoms with Crippen LogP contribution in [-0.2, 0) is 28.6 Å².